The maximum Gasteiger partial charge on any atom is 0.199 e. The van der Waals surface area contributed by atoms with E-state index in [1.54, 1.807) is 25.8 Å². The summed E-state index contributed by atoms with van der Waals surface area (Å²) in [6.45, 7) is 1.94. The van der Waals surface area contributed by atoms with Crippen LogP contribution in [-0.2, 0) is 0 Å². The number of imidazole rings is 1. The zero-order chi connectivity index (χ0) is 20.9. The highest BCUT2D eigenvalue weighted by Crippen LogP contribution is 2.27. The molecule has 2 aromatic heterocycles. The van der Waals surface area contributed by atoms with E-state index in [9.17, 15) is 0 Å². The monoisotopic (exact) mass is 401 g/mol. The minimum atomic E-state index is 0. The molecule has 30 heavy (non-hydrogen) atoms. The van der Waals surface area contributed by atoms with Crippen LogP contribution in [0, 0.1) is 6.92 Å². The molecule has 0 aliphatic rings. The summed E-state index contributed by atoms with van der Waals surface area (Å²) in [5.41, 5.74) is 10.3. The molecule has 0 spiro atoms. The Balaban J connectivity index is 0.00000272. The van der Waals surface area contributed by atoms with Crippen LogP contribution in [0.25, 0.3) is 16.9 Å². The van der Waals surface area contributed by atoms with Crippen molar-refractivity contribution in [3.8, 4) is 22.7 Å². The minimum absolute atomic E-state index is 0. The molecule has 0 aliphatic heterocycles. The zero-order valence-electron chi connectivity index (χ0n) is 16.6. The third-order valence-electron chi connectivity index (χ3n) is 4.37. The Morgan fingerprint density at radius 3 is 2.73 bits per heavy atom. The molecule has 0 amide bonds. The van der Waals surface area contributed by atoms with Crippen LogP contribution in [0.1, 0.15) is 7.12 Å². The molecule has 0 radical (unpaired) electrons. The van der Waals surface area contributed by atoms with Gasteiger partial charge in [-0.1, -0.05) is 30.3 Å². The Bertz CT molecular complexity index is 1190. The highest BCUT2D eigenvalue weighted by Gasteiger charge is 2.08. The number of methoxy groups -OCH3 is 1. The lowest BCUT2D eigenvalue weighted by Crippen LogP contribution is -2.22. The predicted octanol–water partition coefficient (Wildman–Crippen LogP) is 3.95. The van der Waals surface area contributed by atoms with Crippen molar-refractivity contribution in [2.75, 3.05) is 12.4 Å². The van der Waals surface area contributed by atoms with Gasteiger partial charge < -0.3 is 20.4 Å². The number of nitrogens with two attached hydrogens (primary N) is 1. The van der Waals surface area contributed by atoms with Crippen molar-refractivity contribution in [1.29, 1.82) is 0 Å². The lowest BCUT2D eigenvalue weighted by atomic mass is 10.2. The molecule has 4 rings (SSSR count). The number of ether oxygens (including phenoxy) is 1. The van der Waals surface area contributed by atoms with E-state index in [0.717, 1.165) is 28.3 Å². The summed E-state index contributed by atoms with van der Waals surface area (Å²) < 4.78 is 7.43. The minimum Gasteiger partial charge on any atom is -0.494 e. The van der Waals surface area contributed by atoms with Gasteiger partial charge in [0.2, 0.25) is 0 Å². The van der Waals surface area contributed by atoms with Crippen LogP contribution in [0.2, 0.25) is 0 Å². The largest absolute Gasteiger partial charge is 0.494 e. The van der Waals surface area contributed by atoms with Gasteiger partial charge in [-0.05, 0) is 19.1 Å². The lowest BCUT2D eigenvalue weighted by Gasteiger charge is -2.12. The molecule has 0 fully saturated rings. The molecule has 152 valence electrons. The average molecular weight is 401 g/mol. The van der Waals surface area contributed by atoms with E-state index in [1.165, 1.54) is 0 Å². The number of hydrogen-bond acceptors (Lipinski definition) is 5. The van der Waals surface area contributed by atoms with Crippen molar-refractivity contribution in [3.63, 3.8) is 0 Å². The van der Waals surface area contributed by atoms with Crippen molar-refractivity contribution in [1.82, 2.24) is 19.5 Å². The molecular formula is C22H23N7O. The molecule has 0 atom stereocenters. The highest BCUT2D eigenvalue weighted by molar-refractivity contribution is 5.94. The Hall–Kier alpha value is -4.20. The summed E-state index contributed by atoms with van der Waals surface area (Å²) in [5.74, 6) is 1.29. The molecule has 0 unspecified atom stereocenters. The SMILES string of the molecule is COc1cc(NC(N)=Nc2cncc(-c3ccccc3)n2)ccc1-n1cnc(C)c1.[HH]. The third kappa shape index (κ3) is 4.27. The topological polar surface area (TPSA) is 103 Å². The maximum atomic E-state index is 6.09. The smallest absolute Gasteiger partial charge is 0.199 e. The molecule has 4 aromatic rings. The zero-order valence-corrected chi connectivity index (χ0v) is 16.6. The second-order valence-electron chi connectivity index (χ2n) is 6.56. The van der Waals surface area contributed by atoms with Gasteiger partial charge in [-0.3, -0.25) is 4.98 Å². The third-order valence-corrected chi connectivity index (χ3v) is 4.37. The first-order chi connectivity index (χ1) is 14.6. The summed E-state index contributed by atoms with van der Waals surface area (Å²) in [5, 5.41) is 3.06. The number of aryl methyl sites for hydroxylation is 1. The van der Waals surface area contributed by atoms with Crippen molar-refractivity contribution in [3.05, 3.63) is 79.1 Å². The van der Waals surface area contributed by atoms with E-state index in [4.69, 9.17) is 10.5 Å². The van der Waals surface area contributed by atoms with E-state index in [0.29, 0.717) is 11.6 Å². The maximum absolute atomic E-state index is 6.09. The van der Waals surface area contributed by atoms with Crippen LogP contribution >= 0.6 is 0 Å². The summed E-state index contributed by atoms with van der Waals surface area (Å²) in [4.78, 5) is 17.3. The van der Waals surface area contributed by atoms with Gasteiger partial charge in [-0.2, -0.15) is 4.99 Å². The standard InChI is InChI=1S/C22H21N7O.H2/c1-15-13-29(14-25-15)19-9-8-17(10-20(19)30-2)26-22(23)28-21-12-24-11-18(27-21)16-6-4-3-5-7-16;/h3-14H,1-2H3,(H3,23,26,27,28);1H. The predicted molar refractivity (Wildman–Crippen MR) is 119 cm³/mol. The molecule has 8 nitrogen and oxygen atoms in total. The Labute approximate surface area is 175 Å². The lowest BCUT2D eigenvalue weighted by molar-refractivity contribution is 0.413. The Morgan fingerprint density at radius 2 is 2.00 bits per heavy atom. The van der Waals surface area contributed by atoms with E-state index in [1.807, 2.05) is 66.2 Å². The molecular weight excluding hydrogens is 378 g/mol. The Morgan fingerprint density at radius 1 is 1.17 bits per heavy atom. The molecule has 0 saturated heterocycles. The first-order valence-corrected chi connectivity index (χ1v) is 9.30. The first kappa shape index (κ1) is 19.1. The van der Waals surface area contributed by atoms with Crippen molar-refractivity contribution < 1.29 is 6.16 Å². The molecule has 0 saturated carbocycles. The average Bonchev–Trinajstić information content (AvgIpc) is 3.20. The van der Waals surface area contributed by atoms with Crippen LogP contribution in [0.3, 0.4) is 0 Å². The number of hydrogen-bond donors (Lipinski definition) is 2. The fraction of sp³-hybridized carbons (Fsp3) is 0.0909. The fourth-order valence-electron chi connectivity index (χ4n) is 2.98. The number of nitrogens with zero attached hydrogens (tertiary/aromatic N) is 5. The van der Waals surface area contributed by atoms with E-state index in [-0.39, 0.29) is 7.39 Å². The number of guanidine groups is 1. The first-order valence-electron chi connectivity index (χ1n) is 9.30. The number of nitrogens with one attached hydrogen (secondary N) is 1. The molecule has 0 aliphatic carbocycles. The van der Waals surface area contributed by atoms with Gasteiger partial charge in [0.1, 0.15) is 5.75 Å². The fourth-order valence-corrected chi connectivity index (χ4v) is 2.98. The number of aliphatic imine (C=N–C) groups is 1. The van der Waals surface area contributed by atoms with Crippen molar-refractivity contribution >= 4 is 17.5 Å². The number of anilines is 1. The quantitative estimate of drug-likeness (QED) is 0.388. The molecule has 0 bridgehead atoms. The van der Waals surface area contributed by atoms with E-state index in [2.05, 4.69) is 25.3 Å². The normalized spacial score (nSPS) is 11.3. The summed E-state index contributed by atoms with van der Waals surface area (Å²) in [6.07, 6.45) is 6.93. The van der Waals surface area contributed by atoms with E-state index < -0.39 is 0 Å². The highest BCUT2D eigenvalue weighted by atomic mass is 16.5. The molecule has 2 heterocycles. The number of aromatic nitrogens is 4. The van der Waals surface area contributed by atoms with Crippen molar-refractivity contribution in [2.24, 2.45) is 10.7 Å². The van der Waals surface area contributed by atoms with Gasteiger partial charge in [0, 0.05) is 24.9 Å². The Kier molecular flexibility index (Phi) is 5.38. The van der Waals surface area contributed by atoms with Crippen molar-refractivity contribution in [2.45, 2.75) is 6.92 Å². The van der Waals surface area contributed by atoms with Gasteiger partial charge in [0.15, 0.2) is 11.8 Å². The van der Waals surface area contributed by atoms with Gasteiger partial charge in [0.25, 0.3) is 0 Å². The summed E-state index contributed by atoms with van der Waals surface area (Å²) in [6, 6.07) is 15.4. The summed E-state index contributed by atoms with van der Waals surface area (Å²) in [7, 11) is 1.62. The van der Waals surface area contributed by atoms with Gasteiger partial charge in [0.05, 0.1) is 42.9 Å². The second kappa shape index (κ2) is 8.44. The van der Waals surface area contributed by atoms with Crippen LogP contribution in [0.4, 0.5) is 11.5 Å². The summed E-state index contributed by atoms with van der Waals surface area (Å²) >= 11 is 0. The van der Waals surface area contributed by atoms with Crippen LogP contribution in [0.5, 0.6) is 5.75 Å². The second-order valence-corrected chi connectivity index (χ2v) is 6.56. The molecule has 8 heteroatoms. The number of rotatable bonds is 5. The van der Waals surface area contributed by atoms with Crippen LogP contribution < -0.4 is 15.8 Å². The molecule has 3 N–H and O–H groups in total. The van der Waals surface area contributed by atoms with E-state index >= 15 is 0 Å². The van der Waals surface area contributed by atoms with Gasteiger partial charge >= 0.3 is 0 Å². The van der Waals surface area contributed by atoms with Gasteiger partial charge in [-0.25, -0.2) is 9.97 Å². The molecule has 2 aromatic carbocycles. The van der Waals surface area contributed by atoms with Crippen LogP contribution in [0.15, 0.2) is 78.4 Å². The number of benzene rings is 2. The van der Waals surface area contributed by atoms with Crippen LogP contribution in [-0.4, -0.2) is 32.6 Å². The van der Waals surface area contributed by atoms with Gasteiger partial charge in [-0.15, -0.1) is 0 Å².